The fraction of sp³-hybridized carbons (Fsp3) is 0.500. The molecule has 3 nitrogen and oxygen atoms in total. The Morgan fingerprint density at radius 1 is 1.33 bits per heavy atom. The lowest BCUT2D eigenvalue weighted by atomic mass is 10.1. The molecule has 0 saturated carbocycles. The van der Waals surface area contributed by atoms with Crippen molar-refractivity contribution in [2.45, 2.75) is 32.6 Å². The van der Waals surface area contributed by atoms with Gasteiger partial charge in [0.25, 0.3) is 0 Å². The number of aliphatic hydroxyl groups excluding tert-OH is 2. The Morgan fingerprint density at radius 3 is 2.73 bits per heavy atom. The molecule has 0 spiro atoms. The Hall–Kier alpha value is -0.900. The standard InChI is InChI=1S/C12H19NO2/c1-2-12(15)8-13-7-10-4-3-5-11(6-10)9-14/h3-6,12-15H,2,7-9H2,1H3. The third-order valence-electron chi connectivity index (χ3n) is 2.35. The van der Waals surface area contributed by atoms with E-state index in [1.54, 1.807) is 0 Å². The van der Waals surface area contributed by atoms with Crippen molar-refractivity contribution in [3.05, 3.63) is 35.4 Å². The van der Waals surface area contributed by atoms with Crippen LogP contribution >= 0.6 is 0 Å². The molecule has 0 aliphatic rings. The second kappa shape index (κ2) is 6.56. The van der Waals surface area contributed by atoms with Crippen molar-refractivity contribution in [1.29, 1.82) is 0 Å². The van der Waals surface area contributed by atoms with E-state index in [0.29, 0.717) is 6.54 Å². The zero-order valence-corrected chi connectivity index (χ0v) is 9.11. The lowest BCUT2D eigenvalue weighted by Gasteiger charge is -2.09. The van der Waals surface area contributed by atoms with Crippen LogP contribution in [0.15, 0.2) is 24.3 Å². The molecule has 1 unspecified atom stereocenters. The minimum Gasteiger partial charge on any atom is -0.392 e. The highest BCUT2D eigenvalue weighted by atomic mass is 16.3. The van der Waals surface area contributed by atoms with E-state index in [4.69, 9.17) is 5.11 Å². The molecule has 3 heteroatoms. The van der Waals surface area contributed by atoms with E-state index in [-0.39, 0.29) is 12.7 Å². The second-order valence-corrected chi connectivity index (χ2v) is 3.67. The first-order chi connectivity index (χ1) is 7.26. The summed E-state index contributed by atoms with van der Waals surface area (Å²) in [6.07, 6.45) is 0.495. The number of hydrogen-bond donors (Lipinski definition) is 3. The molecule has 0 heterocycles. The van der Waals surface area contributed by atoms with Gasteiger partial charge in [-0.25, -0.2) is 0 Å². The summed E-state index contributed by atoms with van der Waals surface area (Å²) in [4.78, 5) is 0. The molecule has 84 valence electrons. The van der Waals surface area contributed by atoms with E-state index in [0.717, 1.165) is 24.1 Å². The molecule has 3 N–H and O–H groups in total. The van der Waals surface area contributed by atoms with Crippen molar-refractivity contribution in [2.75, 3.05) is 6.54 Å². The Morgan fingerprint density at radius 2 is 2.07 bits per heavy atom. The van der Waals surface area contributed by atoms with E-state index >= 15 is 0 Å². The maximum absolute atomic E-state index is 9.33. The lowest BCUT2D eigenvalue weighted by molar-refractivity contribution is 0.167. The number of hydrogen-bond acceptors (Lipinski definition) is 3. The third-order valence-corrected chi connectivity index (χ3v) is 2.35. The molecule has 0 saturated heterocycles. The molecule has 0 radical (unpaired) electrons. The maximum atomic E-state index is 9.33. The molecule has 0 amide bonds. The van der Waals surface area contributed by atoms with Crippen LogP contribution in [-0.4, -0.2) is 22.9 Å². The van der Waals surface area contributed by atoms with Gasteiger partial charge >= 0.3 is 0 Å². The molecule has 0 aromatic heterocycles. The summed E-state index contributed by atoms with van der Waals surface area (Å²) in [7, 11) is 0. The highest BCUT2D eigenvalue weighted by Crippen LogP contribution is 2.04. The molecular weight excluding hydrogens is 190 g/mol. The Bertz CT molecular complexity index is 289. The summed E-state index contributed by atoms with van der Waals surface area (Å²) in [5.41, 5.74) is 2.05. The van der Waals surface area contributed by atoms with Crippen LogP contribution in [0.4, 0.5) is 0 Å². The van der Waals surface area contributed by atoms with Crippen LogP contribution < -0.4 is 5.32 Å². The third kappa shape index (κ3) is 4.42. The molecule has 0 bridgehead atoms. The number of rotatable bonds is 6. The minimum atomic E-state index is -0.272. The molecule has 0 aliphatic carbocycles. The second-order valence-electron chi connectivity index (χ2n) is 3.67. The van der Waals surface area contributed by atoms with Gasteiger partial charge in [-0.2, -0.15) is 0 Å². The highest BCUT2D eigenvalue weighted by molar-refractivity contribution is 5.22. The molecule has 15 heavy (non-hydrogen) atoms. The van der Waals surface area contributed by atoms with Crippen molar-refractivity contribution >= 4 is 0 Å². The highest BCUT2D eigenvalue weighted by Gasteiger charge is 1.99. The van der Waals surface area contributed by atoms with Gasteiger partial charge in [-0.1, -0.05) is 31.2 Å². The first-order valence-electron chi connectivity index (χ1n) is 5.33. The molecule has 1 rings (SSSR count). The predicted octanol–water partition coefficient (Wildman–Crippen LogP) is 1.04. The monoisotopic (exact) mass is 209 g/mol. The van der Waals surface area contributed by atoms with E-state index < -0.39 is 0 Å². The van der Waals surface area contributed by atoms with Crippen molar-refractivity contribution < 1.29 is 10.2 Å². The minimum absolute atomic E-state index is 0.0748. The van der Waals surface area contributed by atoms with E-state index in [2.05, 4.69) is 5.32 Å². The van der Waals surface area contributed by atoms with E-state index in [1.807, 2.05) is 31.2 Å². The van der Waals surface area contributed by atoms with Gasteiger partial charge in [0, 0.05) is 13.1 Å². The molecule has 0 aliphatic heterocycles. The van der Waals surface area contributed by atoms with Crippen LogP contribution in [0.5, 0.6) is 0 Å². The van der Waals surface area contributed by atoms with E-state index in [1.165, 1.54) is 0 Å². The summed E-state index contributed by atoms with van der Waals surface area (Å²) >= 11 is 0. The van der Waals surface area contributed by atoms with Crippen LogP contribution in [0.1, 0.15) is 24.5 Å². The van der Waals surface area contributed by atoms with Gasteiger partial charge in [-0.05, 0) is 17.5 Å². The molecule has 1 aromatic carbocycles. The number of benzene rings is 1. The first kappa shape index (κ1) is 12.2. The van der Waals surface area contributed by atoms with Gasteiger partial charge in [0.2, 0.25) is 0 Å². The smallest absolute Gasteiger partial charge is 0.0681 e. The number of nitrogens with one attached hydrogen (secondary N) is 1. The molecular formula is C12H19NO2. The first-order valence-corrected chi connectivity index (χ1v) is 5.33. The zero-order chi connectivity index (χ0) is 11.1. The maximum Gasteiger partial charge on any atom is 0.0681 e. The van der Waals surface area contributed by atoms with Crippen LogP contribution in [0.3, 0.4) is 0 Å². The summed E-state index contributed by atoms with van der Waals surface area (Å²) in [6, 6.07) is 7.79. The topological polar surface area (TPSA) is 52.5 Å². The zero-order valence-electron chi connectivity index (χ0n) is 9.11. The Balaban J connectivity index is 2.37. The van der Waals surface area contributed by atoms with Gasteiger partial charge in [-0.15, -0.1) is 0 Å². The van der Waals surface area contributed by atoms with Crippen LogP contribution in [0.2, 0.25) is 0 Å². The van der Waals surface area contributed by atoms with Crippen LogP contribution in [0.25, 0.3) is 0 Å². The van der Waals surface area contributed by atoms with Crippen LogP contribution in [-0.2, 0) is 13.2 Å². The average Bonchev–Trinajstić information content (AvgIpc) is 2.29. The molecule has 1 atom stereocenters. The predicted molar refractivity (Wildman–Crippen MR) is 60.4 cm³/mol. The summed E-state index contributed by atoms with van der Waals surface area (Å²) in [6.45, 7) is 3.37. The van der Waals surface area contributed by atoms with Gasteiger partial charge in [-0.3, -0.25) is 0 Å². The van der Waals surface area contributed by atoms with Crippen molar-refractivity contribution in [1.82, 2.24) is 5.32 Å². The summed E-state index contributed by atoms with van der Waals surface area (Å²) in [5, 5.41) is 21.5. The molecule has 1 aromatic rings. The summed E-state index contributed by atoms with van der Waals surface area (Å²) in [5.74, 6) is 0. The van der Waals surface area contributed by atoms with Gasteiger partial charge in [0.1, 0.15) is 0 Å². The van der Waals surface area contributed by atoms with Crippen molar-refractivity contribution in [3.63, 3.8) is 0 Å². The van der Waals surface area contributed by atoms with E-state index in [9.17, 15) is 5.11 Å². The normalized spacial score (nSPS) is 12.7. The summed E-state index contributed by atoms with van der Waals surface area (Å²) < 4.78 is 0. The van der Waals surface area contributed by atoms with Crippen molar-refractivity contribution in [3.8, 4) is 0 Å². The van der Waals surface area contributed by atoms with Crippen LogP contribution in [0, 0.1) is 0 Å². The lowest BCUT2D eigenvalue weighted by Crippen LogP contribution is -2.25. The largest absolute Gasteiger partial charge is 0.392 e. The average molecular weight is 209 g/mol. The number of aliphatic hydroxyl groups is 2. The fourth-order valence-electron chi connectivity index (χ4n) is 1.37. The Labute approximate surface area is 90.8 Å². The molecule has 0 fully saturated rings. The Kier molecular flexibility index (Phi) is 5.32. The van der Waals surface area contributed by atoms with Crippen molar-refractivity contribution in [2.24, 2.45) is 0 Å². The van der Waals surface area contributed by atoms with Gasteiger partial charge in [0.05, 0.1) is 12.7 Å². The quantitative estimate of drug-likeness (QED) is 0.656. The van der Waals surface area contributed by atoms with Gasteiger partial charge in [0.15, 0.2) is 0 Å². The fourth-order valence-corrected chi connectivity index (χ4v) is 1.37. The SMILES string of the molecule is CCC(O)CNCc1cccc(CO)c1. The van der Waals surface area contributed by atoms with Gasteiger partial charge < -0.3 is 15.5 Å².